The predicted molar refractivity (Wildman–Crippen MR) is 83.2 cm³/mol. The standard InChI is InChI=1S/C16H19NO3S/c1-2-11-21(18,19)16-6-4-3-5-15(16)20-14-9-7-13(12-17)8-10-14/h3-10H,2,11-12,17H2,1H3. The van der Waals surface area contributed by atoms with Gasteiger partial charge in [0.2, 0.25) is 0 Å². The van der Waals surface area contributed by atoms with Crippen molar-refractivity contribution in [2.24, 2.45) is 5.73 Å². The van der Waals surface area contributed by atoms with Gasteiger partial charge in [0.15, 0.2) is 9.84 Å². The van der Waals surface area contributed by atoms with E-state index in [1.807, 2.05) is 19.1 Å². The van der Waals surface area contributed by atoms with Crippen molar-refractivity contribution >= 4 is 9.84 Å². The Bertz CT molecular complexity index is 694. The third-order valence-corrected chi connectivity index (χ3v) is 5.00. The summed E-state index contributed by atoms with van der Waals surface area (Å²) >= 11 is 0. The maximum Gasteiger partial charge on any atom is 0.182 e. The van der Waals surface area contributed by atoms with E-state index in [0.29, 0.717) is 24.5 Å². The quantitative estimate of drug-likeness (QED) is 0.890. The smallest absolute Gasteiger partial charge is 0.182 e. The van der Waals surface area contributed by atoms with Gasteiger partial charge in [-0.3, -0.25) is 0 Å². The molecule has 0 atom stereocenters. The molecule has 0 amide bonds. The number of sulfone groups is 1. The molecule has 0 radical (unpaired) electrons. The highest BCUT2D eigenvalue weighted by molar-refractivity contribution is 7.91. The molecule has 0 bridgehead atoms. The molecule has 5 heteroatoms. The summed E-state index contributed by atoms with van der Waals surface area (Å²) in [6.07, 6.45) is 0.571. The Morgan fingerprint density at radius 1 is 1.05 bits per heavy atom. The van der Waals surface area contributed by atoms with Crippen molar-refractivity contribution in [1.82, 2.24) is 0 Å². The highest BCUT2D eigenvalue weighted by Crippen LogP contribution is 2.29. The number of benzene rings is 2. The zero-order chi connectivity index (χ0) is 15.3. The van der Waals surface area contributed by atoms with E-state index in [9.17, 15) is 8.42 Å². The van der Waals surface area contributed by atoms with E-state index in [2.05, 4.69) is 0 Å². The van der Waals surface area contributed by atoms with Gasteiger partial charge in [-0.2, -0.15) is 0 Å². The maximum absolute atomic E-state index is 12.2. The fourth-order valence-electron chi connectivity index (χ4n) is 1.99. The lowest BCUT2D eigenvalue weighted by Gasteiger charge is -2.11. The lowest BCUT2D eigenvalue weighted by Crippen LogP contribution is -2.07. The Kier molecular flexibility index (Phi) is 4.98. The molecule has 0 saturated carbocycles. The Hall–Kier alpha value is -1.85. The third kappa shape index (κ3) is 3.83. The topological polar surface area (TPSA) is 69.4 Å². The first kappa shape index (κ1) is 15.5. The normalized spacial score (nSPS) is 11.3. The number of hydrogen-bond donors (Lipinski definition) is 1. The van der Waals surface area contributed by atoms with Crippen molar-refractivity contribution in [3.05, 3.63) is 54.1 Å². The summed E-state index contributed by atoms with van der Waals surface area (Å²) in [6, 6.07) is 14.0. The van der Waals surface area contributed by atoms with Crippen LogP contribution in [0.25, 0.3) is 0 Å². The van der Waals surface area contributed by atoms with Gasteiger partial charge in [-0.25, -0.2) is 8.42 Å². The van der Waals surface area contributed by atoms with Gasteiger partial charge in [0.1, 0.15) is 16.4 Å². The minimum absolute atomic E-state index is 0.111. The predicted octanol–water partition coefficient (Wildman–Crippen LogP) is 3.12. The van der Waals surface area contributed by atoms with Crippen molar-refractivity contribution in [3.8, 4) is 11.5 Å². The number of hydrogen-bond acceptors (Lipinski definition) is 4. The Balaban J connectivity index is 2.32. The van der Waals surface area contributed by atoms with Gasteiger partial charge in [0.25, 0.3) is 0 Å². The molecular formula is C16H19NO3S. The summed E-state index contributed by atoms with van der Waals surface area (Å²) in [5.74, 6) is 1.05. The average Bonchev–Trinajstić information content (AvgIpc) is 2.48. The molecule has 2 rings (SSSR count). The Labute approximate surface area is 125 Å². The molecule has 0 unspecified atom stereocenters. The van der Waals surface area contributed by atoms with Gasteiger partial charge >= 0.3 is 0 Å². The van der Waals surface area contributed by atoms with Gasteiger partial charge in [-0.05, 0) is 36.2 Å². The van der Waals surface area contributed by atoms with Gasteiger partial charge < -0.3 is 10.5 Å². The lowest BCUT2D eigenvalue weighted by atomic mass is 10.2. The zero-order valence-corrected chi connectivity index (χ0v) is 12.8. The number of ether oxygens (including phenoxy) is 1. The molecule has 0 spiro atoms. The molecule has 0 saturated heterocycles. The average molecular weight is 305 g/mol. The molecule has 0 aliphatic heterocycles. The molecule has 0 aromatic heterocycles. The van der Waals surface area contributed by atoms with E-state index in [1.165, 1.54) is 0 Å². The van der Waals surface area contributed by atoms with E-state index >= 15 is 0 Å². The molecule has 2 N–H and O–H groups in total. The van der Waals surface area contributed by atoms with Crippen molar-refractivity contribution < 1.29 is 13.2 Å². The van der Waals surface area contributed by atoms with E-state index < -0.39 is 9.84 Å². The second-order valence-electron chi connectivity index (χ2n) is 4.72. The molecule has 0 fully saturated rings. The molecule has 0 aliphatic carbocycles. The molecule has 4 nitrogen and oxygen atoms in total. The summed E-state index contributed by atoms with van der Waals surface area (Å²) < 4.78 is 30.2. The summed E-state index contributed by atoms with van der Waals surface area (Å²) in [5, 5.41) is 0. The molecule has 0 heterocycles. The fraction of sp³-hybridized carbons (Fsp3) is 0.250. The van der Waals surface area contributed by atoms with Gasteiger partial charge in [0, 0.05) is 6.54 Å². The summed E-state index contributed by atoms with van der Waals surface area (Å²) in [4.78, 5) is 0.231. The second-order valence-corrected chi connectivity index (χ2v) is 6.79. The zero-order valence-electron chi connectivity index (χ0n) is 12.0. The van der Waals surface area contributed by atoms with Crippen molar-refractivity contribution in [2.45, 2.75) is 24.8 Å². The van der Waals surface area contributed by atoms with Crippen LogP contribution in [0, 0.1) is 0 Å². The minimum atomic E-state index is -3.32. The molecule has 21 heavy (non-hydrogen) atoms. The maximum atomic E-state index is 12.2. The second kappa shape index (κ2) is 6.74. The monoisotopic (exact) mass is 305 g/mol. The molecule has 0 aliphatic rings. The first-order valence-corrected chi connectivity index (χ1v) is 8.50. The fourth-order valence-corrected chi connectivity index (χ4v) is 3.45. The Morgan fingerprint density at radius 3 is 2.33 bits per heavy atom. The highest BCUT2D eigenvalue weighted by atomic mass is 32.2. The third-order valence-electron chi connectivity index (χ3n) is 3.04. The van der Waals surface area contributed by atoms with Crippen LogP contribution < -0.4 is 10.5 Å². The SMILES string of the molecule is CCCS(=O)(=O)c1ccccc1Oc1ccc(CN)cc1. The van der Waals surface area contributed by atoms with Crippen LogP contribution in [0.1, 0.15) is 18.9 Å². The van der Waals surface area contributed by atoms with E-state index in [-0.39, 0.29) is 10.6 Å². The van der Waals surface area contributed by atoms with Crippen LogP contribution in [0.4, 0.5) is 0 Å². The van der Waals surface area contributed by atoms with E-state index in [4.69, 9.17) is 10.5 Å². The molecule has 112 valence electrons. The lowest BCUT2D eigenvalue weighted by molar-refractivity contribution is 0.467. The van der Waals surface area contributed by atoms with Crippen molar-refractivity contribution in [3.63, 3.8) is 0 Å². The van der Waals surface area contributed by atoms with E-state index in [0.717, 1.165) is 5.56 Å². The van der Waals surface area contributed by atoms with E-state index in [1.54, 1.807) is 36.4 Å². The first-order chi connectivity index (χ1) is 10.1. The van der Waals surface area contributed by atoms with Crippen LogP contribution in [0.15, 0.2) is 53.4 Å². The largest absolute Gasteiger partial charge is 0.456 e. The van der Waals surface area contributed by atoms with Gasteiger partial charge in [-0.15, -0.1) is 0 Å². The van der Waals surface area contributed by atoms with Crippen LogP contribution in [0.5, 0.6) is 11.5 Å². The molecule has 2 aromatic rings. The first-order valence-electron chi connectivity index (χ1n) is 6.85. The van der Waals surface area contributed by atoms with Crippen LogP contribution in [0.2, 0.25) is 0 Å². The van der Waals surface area contributed by atoms with Crippen molar-refractivity contribution in [1.29, 1.82) is 0 Å². The van der Waals surface area contributed by atoms with Crippen LogP contribution >= 0.6 is 0 Å². The number of para-hydroxylation sites is 1. The summed E-state index contributed by atoms with van der Waals surface area (Å²) in [7, 11) is -3.32. The van der Waals surface area contributed by atoms with Gasteiger partial charge in [0.05, 0.1) is 5.75 Å². The number of rotatable bonds is 6. The van der Waals surface area contributed by atoms with Crippen LogP contribution in [-0.4, -0.2) is 14.2 Å². The Morgan fingerprint density at radius 2 is 1.71 bits per heavy atom. The summed E-state index contributed by atoms with van der Waals surface area (Å²) in [6.45, 7) is 2.30. The molecular weight excluding hydrogens is 286 g/mol. The summed E-state index contributed by atoms with van der Waals surface area (Å²) in [5.41, 5.74) is 6.54. The molecule has 2 aromatic carbocycles. The van der Waals surface area contributed by atoms with Crippen molar-refractivity contribution in [2.75, 3.05) is 5.75 Å². The van der Waals surface area contributed by atoms with Gasteiger partial charge in [-0.1, -0.05) is 31.2 Å². The van der Waals surface area contributed by atoms with Crippen LogP contribution in [0.3, 0.4) is 0 Å². The minimum Gasteiger partial charge on any atom is -0.456 e. The highest BCUT2D eigenvalue weighted by Gasteiger charge is 2.18. The number of nitrogens with two attached hydrogens (primary N) is 1. The van der Waals surface area contributed by atoms with Crippen LogP contribution in [-0.2, 0) is 16.4 Å².